The first kappa shape index (κ1) is 13.6. The van der Waals surface area contributed by atoms with E-state index in [1.165, 1.54) is 12.7 Å². The summed E-state index contributed by atoms with van der Waals surface area (Å²) in [5.41, 5.74) is 0. The molecule has 5 heteroatoms. The molecule has 19 heavy (non-hydrogen) atoms. The molecular formula is C14H20N2O3. The molecule has 2 N–H and O–H groups in total. The van der Waals surface area contributed by atoms with E-state index in [2.05, 4.69) is 10.6 Å². The number of rotatable bonds is 5. The molecule has 0 spiro atoms. The van der Waals surface area contributed by atoms with Crippen LogP contribution in [0, 0.1) is 5.92 Å². The first-order chi connectivity index (χ1) is 9.27. The molecule has 1 aliphatic rings. The summed E-state index contributed by atoms with van der Waals surface area (Å²) in [6.45, 7) is 0.875. The first-order valence-electron chi connectivity index (χ1n) is 6.87. The smallest absolute Gasteiger partial charge is 0.287 e. The number of carbonyl (C=O) groups excluding carboxylic acids is 2. The van der Waals surface area contributed by atoms with Crippen molar-refractivity contribution in [3.05, 3.63) is 24.2 Å². The SMILES string of the molecule is O=C(NCCNC(=O)C1CCCCC1)c1ccco1. The van der Waals surface area contributed by atoms with Gasteiger partial charge in [-0.25, -0.2) is 0 Å². The molecule has 1 fully saturated rings. The molecule has 0 aliphatic heterocycles. The third-order valence-electron chi connectivity index (χ3n) is 3.43. The number of carbonyl (C=O) groups is 2. The zero-order chi connectivity index (χ0) is 13.5. The first-order valence-corrected chi connectivity index (χ1v) is 6.87. The highest BCUT2D eigenvalue weighted by Crippen LogP contribution is 2.23. The van der Waals surface area contributed by atoms with Gasteiger partial charge in [-0.3, -0.25) is 9.59 Å². The summed E-state index contributed by atoms with van der Waals surface area (Å²) in [4.78, 5) is 23.4. The Balaban J connectivity index is 1.61. The van der Waals surface area contributed by atoms with Crippen LogP contribution >= 0.6 is 0 Å². The summed E-state index contributed by atoms with van der Waals surface area (Å²) >= 11 is 0. The van der Waals surface area contributed by atoms with Crippen molar-refractivity contribution in [3.63, 3.8) is 0 Å². The fourth-order valence-electron chi connectivity index (χ4n) is 2.37. The zero-order valence-electron chi connectivity index (χ0n) is 11.0. The van der Waals surface area contributed by atoms with Crippen molar-refractivity contribution in [2.45, 2.75) is 32.1 Å². The van der Waals surface area contributed by atoms with E-state index in [4.69, 9.17) is 4.42 Å². The van der Waals surface area contributed by atoms with Crippen LogP contribution in [0.25, 0.3) is 0 Å². The Morgan fingerprint density at radius 2 is 1.89 bits per heavy atom. The summed E-state index contributed by atoms with van der Waals surface area (Å²) in [5, 5.41) is 5.56. The molecule has 1 aromatic heterocycles. The zero-order valence-corrected chi connectivity index (χ0v) is 11.0. The lowest BCUT2D eigenvalue weighted by Gasteiger charge is -2.20. The monoisotopic (exact) mass is 264 g/mol. The van der Waals surface area contributed by atoms with Crippen LogP contribution in [-0.4, -0.2) is 24.9 Å². The molecule has 0 aromatic carbocycles. The molecular weight excluding hydrogens is 244 g/mol. The van der Waals surface area contributed by atoms with E-state index in [0.717, 1.165) is 25.7 Å². The highest BCUT2D eigenvalue weighted by molar-refractivity contribution is 5.91. The van der Waals surface area contributed by atoms with E-state index in [0.29, 0.717) is 18.8 Å². The van der Waals surface area contributed by atoms with Crippen molar-refractivity contribution < 1.29 is 14.0 Å². The van der Waals surface area contributed by atoms with Crippen LogP contribution in [0.2, 0.25) is 0 Å². The van der Waals surface area contributed by atoms with E-state index < -0.39 is 0 Å². The lowest BCUT2D eigenvalue weighted by atomic mass is 9.89. The Bertz CT molecular complexity index is 408. The van der Waals surface area contributed by atoms with Crippen LogP contribution in [0.15, 0.2) is 22.8 Å². The maximum Gasteiger partial charge on any atom is 0.287 e. The van der Waals surface area contributed by atoms with Gasteiger partial charge in [0.1, 0.15) is 0 Å². The molecule has 0 unspecified atom stereocenters. The van der Waals surface area contributed by atoms with Gasteiger partial charge in [-0.05, 0) is 25.0 Å². The summed E-state index contributed by atoms with van der Waals surface area (Å²) in [5.74, 6) is 0.317. The fourth-order valence-corrected chi connectivity index (χ4v) is 2.37. The van der Waals surface area contributed by atoms with Crippen molar-refractivity contribution >= 4 is 11.8 Å². The van der Waals surface area contributed by atoms with Gasteiger partial charge >= 0.3 is 0 Å². The predicted octanol–water partition coefficient (Wildman–Crippen LogP) is 1.71. The molecule has 0 atom stereocenters. The average Bonchev–Trinajstić information content (AvgIpc) is 2.98. The molecule has 1 aromatic rings. The Kier molecular flexibility index (Phi) is 5.01. The molecule has 0 bridgehead atoms. The lowest BCUT2D eigenvalue weighted by Crippen LogP contribution is -2.38. The largest absolute Gasteiger partial charge is 0.459 e. The summed E-state index contributed by atoms with van der Waals surface area (Å²) < 4.78 is 4.97. The maximum atomic E-state index is 11.8. The van der Waals surface area contributed by atoms with Crippen molar-refractivity contribution in [3.8, 4) is 0 Å². The van der Waals surface area contributed by atoms with Crippen molar-refractivity contribution in [1.29, 1.82) is 0 Å². The lowest BCUT2D eigenvalue weighted by molar-refractivity contribution is -0.125. The maximum absolute atomic E-state index is 11.8. The van der Waals surface area contributed by atoms with Crippen LogP contribution < -0.4 is 10.6 Å². The van der Waals surface area contributed by atoms with E-state index in [9.17, 15) is 9.59 Å². The summed E-state index contributed by atoms with van der Waals surface area (Å²) in [6.07, 6.45) is 6.97. The summed E-state index contributed by atoms with van der Waals surface area (Å²) in [6, 6.07) is 3.27. The molecule has 0 radical (unpaired) electrons. The van der Waals surface area contributed by atoms with Crippen molar-refractivity contribution in [2.24, 2.45) is 5.92 Å². The summed E-state index contributed by atoms with van der Waals surface area (Å²) in [7, 11) is 0. The second kappa shape index (κ2) is 6.97. The van der Waals surface area contributed by atoms with Crippen LogP contribution in [0.4, 0.5) is 0 Å². The van der Waals surface area contributed by atoms with Crippen molar-refractivity contribution in [1.82, 2.24) is 10.6 Å². The van der Waals surface area contributed by atoms with Gasteiger partial charge in [0.25, 0.3) is 5.91 Å². The van der Waals surface area contributed by atoms with Gasteiger partial charge < -0.3 is 15.1 Å². The molecule has 1 saturated carbocycles. The minimum atomic E-state index is -0.253. The fraction of sp³-hybridized carbons (Fsp3) is 0.571. The van der Waals surface area contributed by atoms with E-state index in [1.807, 2.05) is 0 Å². The van der Waals surface area contributed by atoms with Crippen molar-refractivity contribution in [2.75, 3.05) is 13.1 Å². The number of hydrogen-bond acceptors (Lipinski definition) is 3. The van der Waals surface area contributed by atoms with Crippen LogP contribution in [0.1, 0.15) is 42.7 Å². The highest BCUT2D eigenvalue weighted by Gasteiger charge is 2.20. The molecule has 0 saturated heterocycles. The molecule has 2 amide bonds. The second-order valence-electron chi connectivity index (χ2n) is 4.86. The molecule has 2 rings (SSSR count). The number of furan rings is 1. The van der Waals surface area contributed by atoms with Gasteiger partial charge in [-0.2, -0.15) is 0 Å². The Labute approximate surface area is 112 Å². The minimum absolute atomic E-state index is 0.118. The standard InChI is InChI=1S/C14H20N2O3/c17-13(11-5-2-1-3-6-11)15-8-9-16-14(18)12-7-4-10-19-12/h4,7,10-11H,1-3,5-6,8-9H2,(H,15,17)(H,16,18). The average molecular weight is 264 g/mol. The van der Waals surface area contributed by atoms with Gasteiger partial charge in [0.05, 0.1) is 6.26 Å². The van der Waals surface area contributed by atoms with Crippen LogP contribution in [0.3, 0.4) is 0 Å². The number of amides is 2. The van der Waals surface area contributed by atoms with Gasteiger partial charge in [-0.1, -0.05) is 19.3 Å². The molecule has 1 heterocycles. The normalized spacial score (nSPS) is 16.0. The Morgan fingerprint density at radius 1 is 1.16 bits per heavy atom. The highest BCUT2D eigenvalue weighted by atomic mass is 16.3. The van der Waals surface area contributed by atoms with E-state index in [-0.39, 0.29) is 17.7 Å². The number of hydrogen-bond donors (Lipinski definition) is 2. The van der Waals surface area contributed by atoms with Gasteiger partial charge in [0.15, 0.2) is 5.76 Å². The van der Waals surface area contributed by atoms with Crippen LogP contribution in [0.5, 0.6) is 0 Å². The molecule has 5 nitrogen and oxygen atoms in total. The third kappa shape index (κ3) is 4.12. The minimum Gasteiger partial charge on any atom is -0.459 e. The van der Waals surface area contributed by atoms with Gasteiger partial charge in [-0.15, -0.1) is 0 Å². The topological polar surface area (TPSA) is 71.3 Å². The molecule has 1 aliphatic carbocycles. The Morgan fingerprint density at radius 3 is 2.58 bits per heavy atom. The van der Waals surface area contributed by atoms with E-state index in [1.54, 1.807) is 12.1 Å². The quantitative estimate of drug-likeness (QED) is 0.795. The second-order valence-corrected chi connectivity index (χ2v) is 4.86. The predicted molar refractivity (Wildman–Crippen MR) is 70.6 cm³/mol. The van der Waals surface area contributed by atoms with Crippen LogP contribution in [-0.2, 0) is 4.79 Å². The number of nitrogens with one attached hydrogen (secondary N) is 2. The molecule has 104 valence electrons. The Hall–Kier alpha value is -1.78. The van der Waals surface area contributed by atoms with E-state index >= 15 is 0 Å². The van der Waals surface area contributed by atoms with Gasteiger partial charge in [0, 0.05) is 19.0 Å². The van der Waals surface area contributed by atoms with Gasteiger partial charge in [0.2, 0.25) is 5.91 Å². The third-order valence-corrected chi connectivity index (χ3v) is 3.43.